The summed E-state index contributed by atoms with van der Waals surface area (Å²) in [4.78, 5) is 0. The highest BCUT2D eigenvalue weighted by Gasteiger charge is 2.20. The molecule has 0 aromatic heterocycles. The van der Waals surface area contributed by atoms with E-state index in [4.69, 9.17) is 0 Å². The molecule has 1 aliphatic carbocycles. The van der Waals surface area contributed by atoms with Crippen molar-refractivity contribution in [2.45, 2.75) is 31.7 Å². The van der Waals surface area contributed by atoms with Crippen molar-refractivity contribution in [3.05, 3.63) is 46.8 Å². The van der Waals surface area contributed by atoms with Gasteiger partial charge in [-0.1, -0.05) is 11.6 Å². The third-order valence-corrected chi connectivity index (χ3v) is 3.33. The van der Waals surface area contributed by atoms with Crippen LogP contribution in [0.4, 0.5) is 13.2 Å². The van der Waals surface area contributed by atoms with E-state index in [1.165, 1.54) is 0 Å². The first kappa shape index (κ1) is 13.1. The molecule has 0 amide bonds. The Kier molecular flexibility index (Phi) is 4.07. The van der Waals surface area contributed by atoms with Crippen LogP contribution >= 0.6 is 0 Å². The second-order valence-corrected chi connectivity index (χ2v) is 4.55. The van der Waals surface area contributed by atoms with Gasteiger partial charge in [0.1, 0.15) is 0 Å². The lowest BCUT2D eigenvalue weighted by molar-refractivity contribution is 0.442. The maximum atomic E-state index is 13.2. The lowest BCUT2D eigenvalue weighted by Gasteiger charge is -2.23. The Morgan fingerprint density at radius 3 is 2.28 bits per heavy atom. The van der Waals surface area contributed by atoms with Gasteiger partial charge in [0, 0.05) is 0 Å². The number of rotatable bonds is 3. The second-order valence-electron chi connectivity index (χ2n) is 4.55. The molecule has 1 aromatic rings. The van der Waals surface area contributed by atoms with Gasteiger partial charge in [0.2, 0.25) is 0 Å². The van der Waals surface area contributed by atoms with Crippen molar-refractivity contribution < 1.29 is 13.2 Å². The third-order valence-electron chi connectivity index (χ3n) is 3.33. The summed E-state index contributed by atoms with van der Waals surface area (Å²) in [5.74, 6) is -3.69. The van der Waals surface area contributed by atoms with E-state index < -0.39 is 17.5 Å². The molecule has 1 aromatic carbocycles. The molecule has 1 unspecified atom stereocenters. The molecular weight excluding hydrogens is 239 g/mol. The van der Waals surface area contributed by atoms with Gasteiger partial charge in [-0.15, -0.1) is 0 Å². The van der Waals surface area contributed by atoms with E-state index in [0.29, 0.717) is 5.56 Å². The zero-order valence-corrected chi connectivity index (χ0v) is 10.3. The molecule has 0 bridgehead atoms. The first-order valence-corrected chi connectivity index (χ1v) is 6.14. The number of benzene rings is 1. The summed E-state index contributed by atoms with van der Waals surface area (Å²) in [6.07, 6.45) is 6.22. The fourth-order valence-electron chi connectivity index (χ4n) is 2.43. The predicted molar refractivity (Wildman–Crippen MR) is 64.7 cm³/mol. The van der Waals surface area contributed by atoms with Gasteiger partial charge < -0.3 is 5.32 Å². The molecule has 0 saturated heterocycles. The zero-order chi connectivity index (χ0) is 13.1. The molecule has 0 saturated carbocycles. The van der Waals surface area contributed by atoms with Gasteiger partial charge in [-0.3, -0.25) is 0 Å². The monoisotopic (exact) mass is 255 g/mol. The summed E-state index contributed by atoms with van der Waals surface area (Å²) in [5, 5.41) is 3.04. The number of allylic oxidation sites excluding steroid dienone is 1. The molecule has 0 spiro atoms. The van der Waals surface area contributed by atoms with E-state index in [0.717, 1.165) is 43.4 Å². The van der Waals surface area contributed by atoms with E-state index in [1.807, 2.05) is 0 Å². The molecule has 98 valence electrons. The van der Waals surface area contributed by atoms with Crippen LogP contribution in [0.15, 0.2) is 23.8 Å². The van der Waals surface area contributed by atoms with Crippen molar-refractivity contribution in [3.63, 3.8) is 0 Å². The molecule has 1 N–H and O–H groups in total. The Hall–Kier alpha value is -1.29. The SMILES string of the molecule is CNC(C1=CCCCC1)c1cc(F)c(F)c(F)c1. The van der Waals surface area contributed by atoms with Gasteiger partial charge in [0.25, 0.3) is 0 Å². The summed E-state index contributed by atoms with van der Waals surface area (Å²) in [7, 11) is 1.74. The van der Waals surface area contributed by atoms with Crippen molar-refractivity contribution in [3.8, 4) is 0 Å². The largest absolute Gasteiger partial charge is 0.310 e. The number of halogens is 3. The summed E-state index contributed by atoms with van der Waals surface area (Å²) < 4.78 is 39.4. The average Bonchev–Trinajstić information content (AvgIpc) is 2.38. The van der Waals surface area contributed by atoms with E-state index in [2.05, 4.69) is 11.4 Å². The number of likely N-dealkylation sites (N-methyl/N-ethyl adjacent to an activating group) is 1. The quantitative estimate of drug-likeness (QED) is 0.638. The van der Waals surface area contributed by atoms with Crippen LogP contribution < -0.4 is 5.32 Å². The molecule has 0 heterocycles. The minimum Gasteiger partial charge on any atom is -0.310 e. The lowest BCUT2D eigenvalue weighted by Crippen LogP contribution is -2.20. The van der Waals surface area contributed by atoms with Gasteiger partial charge in [0.05, 0.1) is 6.04 Å². The van der Waals surface area contributed by atoms with Crippen LogP contribution in [0.2, 0.25) is 0 Å². The second kappa shape index (κ2) is 5.57. The molecule has 1 atom stereocenters. The topological polar surface area (TPSA) is 12.0 Å². The molecule has 4 heteroatoms. The Labute approximate surface area is 105 Å². The van der Waals surface area contributed by atoms with Crippen molar-refractivity contribution in [1.29, 1.82) is 0 Å². The van der Waals surface area contributed by atoms with E-state index in [1.54, 1.807) is 7.05 Å². The van der Waals surface area contributed by atoms with Crippen molar-refractivity contribution in [2.24, 2.45) is 0 Å². The summed E-state index contributed by atoms with van der Waals surface area (Å²) >= 11 is 0. The van der Waals surface area contributed by atoms with Crippen LogP contribution in [0.1, 0.15) is 37.3 Å². The number of nitrogens with one attached hydrogen (secondary N) is 1. The molecule has 0 aliphatic heterocycles. The molecule has 18 heavy (non-hydrogen) atoms. The van der Waals surface area contributed by atoms with Crippen LogP contribution in [0.3, 0.4) is 0 Å². The summed E-state index contributed by atoms with van der Waals surface area (Å²) in [6.45, 7) is 0. The lowest BCUT2D eigenvalue weighted by atomic mass is 9.90. The highest BCUT2D eigenvalue weighted by molar-refractivity contribution is 5.30. The smallest absolute Gasteiger partial charge is 0.194 e. The molecule has 0 radical (unpaired) electrons. The van der Waals surface area contributed by atoms with Crippen molar-refractivity contribution >= 4 is 0 Å². The summed E-state index contributed by atoms with van der Waals surface area (Å²) in [5.41, 5.74) is 1.55. The van der Waals surface area contributed by atoms with Crippen LogP contribution in [0.25, 0.3) is 0 Å². The minimum absolute atomic E-state index is 0.241. The average molecular weight is 255 g/mol. The van der Waals surface area contributed by atoms with Gasteiger partial charge in [0.15, 0.2) is 17.5 Å². The molecule has 0 fully saturated rings. The number of hydrogen-bond acceptors (Lipinski definition) is 1. The molecule has 1 aliphatic rings. The first-order valence-electron chi connectivity index (χ1n) is 6.14. The predicted octanol–water partition coefficient (Wildman–Crippen LogP) is 3.86. The Morgan fingerprint density at radius 2 is 1.78 bits per heavy atom. The normalized spacial score (nSPS) is 17.4. The molecule has 1 nitrogen and oxygen atoms in total. The fourth-order valence-corrected chi connectivity index (χ4v) is 2.43. The van der Waals surface area contributed by atoms with E-state index >= 15 is 0 Å². The maximum Gasteiger partial charge on any atom is 0.194 e. The third kappa shape index (κ3) is 2.58. The van der Waals surface area contributed by atoms with Gasteiger partial charge >= 0.3 is 0 Å². The van der Waals surface area contributed by atoms with Crippen LogP contribution in [-0.4, -0.2) is 7.05 Å². The van der Waals surface area contributed by atoms with Crippen molar-refractivity contribution in [1.82, 2.24) is 5.32 Å². The van der Waals surface area contributed by atoms with Gasteiger partial charge in [-0.25, -0.2) is 13.2 Å². The first-order chi connectivity index (χ1) is 8.63. The maximum absolute atomic E-state index is 13.2. The Balaban J connectivity index is 2.35. The molecular formula is C14H16F3N. The minimum atomic E-state index is -1.41. The van der Waals surface area contributed by atoms with E-state index in [9.17, 15) is 13.2 Å². The highest BCUT2D eigenvalue weighted by atomic mass is 19.2. The van der Waals surface area contributed by atoms with Gasteiger partial charge in [-0.2, -0.15) is 0 Å². The van der Waals surface area contributed by atoms with E-state index in [-0.39, 0.29) is 6.04 Å². The Bertz CT molecular complexity index is 445. The van der Waals surface area contributed by atoms with Crippen LogP contribution in [0.5, 0.6) is 0 Å². The Morgan fingerprint density at radius 1 is 1.11 bits per heavy atom. The van der Waals surface area contributed by atoms with Crippen LogP contribution in [0, 0.1) is 17.5 Å². The highest BCUT2D eigenvalue weighted by Crippen LogP contribution is 2.30. The summed E-state index contributed by atoms with van der Waals surface area (Å²) in [6, 6.07) is 1.89. The molecule has 2 rings (SSSR count). The zero-order valence-electron chi connectivity index (χ0n) is 10.3. The van der Waals surface area contributed by atoms with Crippen LogP contribution in [-0.2, 0) is 0 Å². The van der Waals surface area contributed by atoms with Gasteiger partial charge in [-0.05, 0) is 50.4 Å². The number of hydrogen-bond donors (Lipinski definition) is 1. The standard InChI is InChI=1S/C14H16F3N/c1-18-14(9-5-3-2-4-6-9)10-7-11(15)13(17)12(16)8-10/h5,7-8,14,18H,2-4,6H2,1H3. The van der Waals surface area contributed by atoms with Crippen molar-refractivity contribution in [2.75, 3.05) is 7.05 Å². The fraction of sp³-hybridized carbons (Fsp3) is 0.429.